The van der Waals surface area contributed by atoms with Gasteiger partial charge in [0.05, 0.1) is 11.6 Å². The predicted octanol–water partition coefficient (Wildman–Crippen LogP) is 1.11. The molecule has 1 aromatic heterocycles. The molecule has 0 saturated carbocycles. The van der Waals surface area contributed by atoms with Gasteiger partial charge in [0.2, 0.25) is 5.89 Å². The van der Waals surface area contributed by atoms with Crippen molar-refractivity contribution in [3.05, 3.63) is 11.7 Å². The molecule has 86 valence electrons. The maximum atomic E-state index is 5.66. The summed E-state index contributed by atoms with van der Waals surface area (Å²) in [5.74, 6) is 1.23. The van der Waals surface area contributed by atoms with Gasteiger partial charge in [-0.05, 0) is 33.2 Å². The number of nitrogens with two attached hydrogens (primary N) is 1. The Balaban J connectivity index is 0.00000112. The summed E-state index contributed by atoms with van der Waals surface area (Å²) < 4.78 is 5.21. The van der Waals surface area contributed by atoms with Crippen LogP contribution in [0.2, 0.25) is 0 Å². The van der Waals surface area contributed by atoms with Gasteiger partial charge in [0.25, 0.3) is 0 Å². The molecule has 5 nitrogen and oxygen atoms in total. The van der Waals surface area contributed by atoms with Gasteiger partial charge in [0, 0.05) is 0 Å². The Morgan fingerprint density at radius 1 is 1.60 bits per heavy atom. The number of nitrogens with zero attached hydrogens (tertiary/aromatic N) is 2. The van der Waals surface area contributed by atoms with Crippen molar-refractivity contribution in [3.63, 3.8) is 0 Å². The van der Waals surface area contributed by atoms with E-state index in [-0.39, 0.29) is 24.0 Å². The largest absolute Gasteiger partial charge is 0.337 e. The second kappa shape index (κ2) is 4.47. The van der Waals surface area contributed by atoms with E-state index in [1.807, 2.05) is 6.92 Å². The standard InChI is InChI=1S/C9H16N4O.ClH/c1-6(10)7-12-8(14-13-7)9(2)4-3-5-11-9;/h6,11H,3-5,10H2,1-2H3;1H. The lowest BCUT2D eigenvalue weighted by molar-refractivity contribution is 0.274. The summed E-state index contributed by atoms with van der Waals surface area (Å²) in [6.07, 6.45) is 2.18. The van der Waals surface area contributed by atoms with Crippen LogP contribution in [0.1, 0.15) is 44.4 Å². The highest BCUT2D eigenvalue weighted by atomic mass is 35.5. The SMILES string of the molecule is CC(N)c1noc(C2(C)CCCN2)n1.Cl. The third-order valence-electron chi connectivity index (χ3n) is 2.69. The first kappa shape index (κ1) is 12.4. The molecule has 0 aliphatic carbocycles. The van der Waals surface area contributed by atoms with Crippen molar-refractivity contribution in [2.45, 2.75) is 38.3 Å². The second-order valence-electron chi connectivity index (χ2n) is 4.11. The zero-order valence-electron chi connectivity index (χ0n) is 8.99. The van der Waals surface area contributed by atoms with E-state index in [1.54, 1.807) is 0 Å². The van der Waals surface area contributed by atoms with Gasteiger partial charge in [-0.2, -0.15) is 4.98 Å². The van der Waals surface area contributed by atoms with Gasteiger partial charge in [-0.3, -0.25) is 0 Å². The molecule has 2 rings (SSSR count). The molecule has 1 aliphatic heterocycles. The van der Waals surface area contributed by atoms with Gasteiger partial charge in [-0.25, -0.2) is 0 Å². The Morgan fingerprint density at radius 2 is 2.33 bits per heavy atom. The third kappa shape index (κ3) is 2.30. The Kier molecular flexibility index (Phi) is 3.70. The molecule has 0 radical (unpaired) electrons. The van der Waals surface area contributed by atoms with E-state index >= 15 is 0 Å². The van der Waals surface area contributed by atoms with Crippen molar-refractivity contribution in [2.24, 2.45) is 5.73 Å². The molecule has 0 aromatic carbocycles. The first-order chi connectivity index (χ1) is 6.62. The van der Waals surface area contributed by atoms with Crippen molar-refractivity contribution in [3.8, 4) is 0 Å². The summed E-state index contributed by atoms with van der Waals surface area (Å²) in [7, 11) is 0. The van der Waals surface area contributed by atoms with Crippen LogP contribution in [0.5, 0.6) is 0 Å². The molecule has 0 spiro atoms. The van der Waals surface area contributed by atoms with Gasteiger partial charge >= 0.3 is 0 Å². The van der Waals surface area contributed by atoms with E-state index in [4.69, 9.17) is 10.3 Å². The van der Waals surface area contributed by atoms with Crippen molar-refractivity contribution in [1.29, 1.82) is 0 Å². The van der Waals surface area contributed by atoms with Crippen LogP contribution >= 0.6 is 12.4 Å². The highest BCUT2D eigenvalue weighted by Crippen LogP contribution is 2.29. The fourth-order valence-electron chi connectivity index (χ4n) is 1.72. The zero-order valence-corrected chi connectivity index (χ0v) is 9.80. The second-order valence-corrected chi connectivity index (χ2v) is 4.11. The highest BCUT2D eigenvalue weighted by molar-refractivity contribution is 5.85. The molecular weight excluding hydrogens is 216 g/mol. The maximum absolute atomic E-state index is 5.66. The van der Waals surface area contributed by atoms with E-state index in [0.717, 1.165) is 19.4 Å². The molecule has 1 fully saturated rings. The third-order valence-corrected chi connectivity index (χ3v) is 2.69. The molecule has 1 aromatic rings. The molecule has 15 heavy (non-hydrogen) atoms. The molecule has 0 amide bonds. The van der Waals surface area contributed by atoms with Gasteiger partial charge in [0.15, 0.2) is 5.82 Å². The minimum absolute atomic E-state index is 0. The summed E-state index contributed by atoms with van der Waals surface area (Å²) in [6, 6.07) is -0.169. The summed E-state index contributed by atoms with van der Waals surface area (Å²) in [5, 5.41) is 7.22. The lowest BCUT2D eigenvalue weighted by Crippen LogP contribution is -2.33. The number of hydrogen-bond acceptors (Lipinski definition) is 5. The van der Waals surface area contributed by atoms with E-state index in [2.05, 4.69) is 22.4 Å². The van der Waals surface area contributed by atoms with Crippen LogP contribution < -0.4 is 11.1 Å². The normalized spacial score (nSPS) is 27.4. The van der Waals surface area contributed by atoms with E-state index in [1.165, 1.54) is 0 Å². The van der Waals surface area contributed by atoms with Crippen LogP contribution in [0.3, 0.4) is 0 Å². The molecule has 2 unspecified atom stereocenters. The average Bonchev–Trinajstić information content (AvgIpc) is 2.71. The van der Waals surface area contributed by atoms with Crippen LogP contribution in [-0.4, -0.2) is 16.7 Å². The maximum Gasteiger partial charge on any atom is 0.246 e. The number of halogens is 1. The quantitative estimate of drug-likeness (QED) is 0.799. The molecule has 1 saturated heterocycles. The molecule has 1 aliphatic rings. The lowest BCUT2D eigenvalue weighted by Gasteiger charge is -2.18. The van der Waals surface area contributed by atoms with Gasteiger partial charge in [0.1, 0.15) is 0 Å². The first-order valence-electron chi connectivity index (χ1n) is 4.96. The average molecular weight is 233 g/mol. The fraction of sp³-hybridized carbons (Fsp3) is 0.778. The number of nitrogens with one attached hydrogen (secondary N) is 1. The van der Waals surface area contributed by atoms with Crippen molar-refractivity contribution >= 4 is 12.4 Å². The molecule has 0 bridgehead atoms. The Bertz CT molecular complexity index is 320. The summed E-state index contributed by atoms with van der Waals surface area (Å²) in [6.45, 7) is 4.93. The monoisotopic (exact) mass is 232 g/mol. The van der Waals surface area contributed by atoms with Crippen LogP contribution in [-0.2, 0) is 5.54 Å². The highest BCUT2D eigenvalue weighted by Gasteiger charge is 2.35. The van der Waals surface area contributed by atoms with Gasteiger partial charge < -0.3 is 15.6 Å². The zero-order chi connectivity index (χ0) is 10.2. The lowest BCUT2D eigenvalue weighted by atomic mass is 10.0. The van der Waals surface area contributed by atoms with Crippen LogP contribution in [0.25, 0.3) is 0 Å². The summed E-state index contributed by atoms with van der Waals surface area (Å²) in [5.41, 5.74) is 5.51. The summed E-state index contributed by atoms with van der Waals surface area (Å²) >= 11 is 0. The van der Waals surface area contributed by atoms with Crippen molar-refractivity contribution in [1.82, 2.24) is 15.5 Å². The van der Waals surface area contributed by atoms with E-state index in [9.17, 15) is 0 Å². The van der Waals surface area contributed by atoms with Crippen LogP contribution in [0.4, 0.5) is 0 Å². The molecular formula is C9H17ClN4O. The minimum Gasteiger partial charge on any atom is -0.337 e. The predicted molar refractivity (Wildman–Crippen MR) is 58.7 cm³/mol. The minimum atomic E-state index is -0.169. The van der Waals surface area contributed by atoms with Crippen molar-refractivity contribution in [2.75, 3.05) is 6.54 Å². The smallest absolute Gasteiger partial charge is 0.246 e. The van der Waals surface area contributed by atoms with Gasteiger partial charge in [-0.15, -0.1) is 12.4 Å². The summed E-state index contributed by atoms with van der Waals surface area (Å²) in [4.78, 5) is 4.30. The van der Waals surface area contributed by atoms with Crippen LogP contribution in [0.15, 0.2) is 4.52 Å². The van der Waals surface area contributed by atoms with Crippen LogP contribution in [0, 0.1) is 0 Å². The Labute approximate surface area is 95.2 Å². The number of rotatable bonds is 2. The molecule has 6 heteroatoms. The van der Waals surface area contributed by atoms with Crippen molar-refractivity contribution < 1.29 is 4.52 Å². The van der Waals surface area contributed by atoms with E-state index in [0.29, 0.717) is 11.7 Å². The number of hydrogen-bond donors (Lipinski definition) is 2. The Hall–Kier alpha value is -0.650. The molecule has 2 atom stereocenters. The Morgan fingerprint density at radius 3 is 2.80 bits per heavy atom. The number of aromatic nitrogens is 2. The van der Waals surface area contributed by atoms with E-state index < -0.39 is 0 Å². The molecule has 3 N–H and O–H groups in total. The first-order valence-corrected chi connectivity index (χ1v) is 4.96. The van der Waals surface area contributed by atoms with Gasteiger partial charge in [-0.1, -0.05) is 5.16 Å². The molecule has 2 heterocycles. The topological polar surface area (TPSA) is 77.0 Å². The fourth-order valence-corrected chi connectivity index (χ4v) is 1.72.